The summed E-state index contributed by atoms with van der Waals surface area (Å²) < 4.78 is 0. The summed E-state index contributed by atoms with van der Waals surface area (Å²) in [5.74, 6) is 0. The van der Waals surface area contributed by atoms with Gasteiger partial charge in [0.1, 0.15) is 0 Å². The maximum Gasteiger partial charge on any atom is -0.0228 e. The van der Waals surface area contributed by atoms with Crippen molar-refractivity contribution in [2.45, 2.75) is 20.8 Å². The van der Waals surface area contributed by atoms with Crippen LogP contribution in [0.1, 0.15) is 27.8 Å². The molecule has 0 unspecified atom stereocenters. The highest BCUT2D eigenvalue weighted by molar-refractivity contribution is 5.58. The van der Waals surface area contributed by atoms with Gasteiger partial charge in [-0.25, -0.2) is 0 Å². The Bertz CT molecular complexity index is 319. The summed E-state index contributed by atoms with van der Waals surface area (Å²) in [6, 6.07) is 2.09. The maximum atomic E-state index is 3.98. The van der Waals surface area contributed by atoms with Gasteiger partial charge in [0.05, 0.1) is 0 Å². The van der Waals surface area contributed by atoms with Crippen LogP contribution in [0.15, 0.2) is 12.6 Å². The van der Waals surface area contributed by atoms with E-state index >= 15 is 0 Å². The van der Waals surface area contributed by atoms with Crippen LogP contribution in [0, 0.1) is 27.7 Å². The van der Waals surface area contributed by atoms with Crippen molar-refractivity contribution in [3.05, 3.63) is 47.4 Å². The lowest BCUT2D eigenvalue weighted by Gasteiger charge is -2.11. The van der Waals surface area contributed by atoms with E-state index in [-0.39, 0.29) is 0 Å². The summed E-state index contributed by atoms with van der Waals surface area (Å²) in [6.07, 6.45) is 1.89. The first-order valence-electron chi connectivity index (χ1n) is 4.13. The zero-order chi connectivity index (χ0) is 9.30. The molecule has 0 spiro atoms. The minimum absolute atomic E-state index is 1.10. The third-order valence-corrected chi connectivity index (χ3v) is 2.59. The summed E-state index contributed by atoms with van der Waals surface area (Å²) in [6.45, 7) is 14.1. The van der Waals surface area contributed by atoms with Gasteiger partial charge in [0.25, 0.3) is 0 Å². The predicted molar refractivity (Wildman–Crippen MR) is 55.2 cm³/mol. The molecule has 1 aromatic carbocycles. The van der Waals surface area contributed by atoms with E-state index in [1.54, 1.807) is 0 Å². The van der Waals surface area contributed by atoms with Crippen LogP contribution in [0.4, 0.5) is 0 Å². The minimum Gasteiger partial charge on any atom is -0.0985 e. The van der Waals surface area contributed by atoms with E-state index in [2.05, 4.69) is 40.3 Å². The largest absolute Gasteiger partial charge is 0.0985 e. The maximum absolute atomic E-state index is 3.98. The second-order valence-electron chi connectivity index (χ2n) is 3.20. The van der Waals surface area contributed by atoms with Gasteiger partial charge in [-0.3, -0.25) is 0 Å². The van der Waals surface area contributed by atoms with Crippen LogP contribution in [-0.2, 0) is 0 Å². The van der Waals surface area contributed by atoms with Crippen LogP contribution in [0.2, 0.25) is 0 Å². The Morgan fingerprint density at radius 3 is 2.17 bits per heavy atom. The zero-order valence-electron chi connectivity index (χ0n) is 8.07. The highest BCUT2D eigenvalue weighted by atomic mass is 14.1. The fraction of sp³-hybridized carbons (Fsp3) is 0.250. The van der Waals surface area contributed by atoms with Gasteiger partial charge in [-0.2, -0.15) is 0 Å². The smallest absolute Gasteiger partial charge is 0.0228 e. The van der Waals surface area contributed by atoms with Crippen molar-refractivity contribution >= 4 is 6.08 Å². The van der Waals surface area contributed by atoms with Crippen LogP contribution >= 0.6 is 0 Å². The molecule has 0 heterocycles. The Kier molecular flexibility index (Phi) is 2.37. The van der Waals surface area contributed by atoms with Crippen LogP contribution in [0.25, 0.3) is 6.08 Å². The van der Waals surface area contributed by atoms with Gasteiger partial charge in [-0.15, -0.1) is 0 Å². The van der Waals surface area contributed by atoms with Crippen LogP contribution in [0.5, 0.6) is 0 Å². The lowest BCUT2D eigenvalue weighted by atomic mass is 9.95. The summed E-state index contributed by atoms with van der Waals surface area (Å²) in [4.78, 5) is 0. The van der Waals surface area contributed by atoms with Crippen molar-refractivity contribution in [3.63, 3.8) is 0 Å². The summed E-state index contributed by atoms with van der Waals surface area (Å²) >= 11 is 0. The molecule has 0 amide bonds. The number of hydrogen-bond acceptors (Lipinski definition) is 0. The third-order valence-electron chi connectivity index (χ3n) is 2.59. The average Bonchev–Trinajstić information content (AvgIpc) is 2.08. The van der Waals surface area contributed by atoms with Gasteiger partial charge < -0.3 is 0 Å². The van der Waals surface area contributed by atoms with E-state index in [1.165, 1.54) is 22.3 Å². The molecule has 0 nitrogen and oxygen atoms in total. The first kappa shape index (κ1) is 9.05. The lowest BCUT2D eigenvalue weighted by Crippen LogP contribution is -1.93. The Labute approximate surface area is 74.9 Å². The van der Waals surface area contributed by atoms with E-state index in [9.17, 15) is 0 Å². The van der Waals surface area contributed by atoms with E-state index in [1.807, 2.05) is 6.08 Å². The Balaban J connectivity index is 3.49. The van der Waals surface area contributed by atoms with Crippen molar-refractivity contribution in [3.8, 4) is 0 Å². The predicted octanol–water partition coefficient (Wildman–Crippen LogP) is 3.44. The standard InChI is InChI=1S/C12H15/c1-6-12-7-8(2)9(3)10(4)11(12)5/h6-7H,1-2H2,3-5H3. The first-order valence-corrected chi connectivity index (χ1v) is 4.13. The average molecular weight is 159 g/mol. The molecular weight excluding hydrogens is 144 g/mol. The lowest BCUT2D eigenvalue weighted by molar-refractivity contribution is 1.24. The van der Waals surface area contributed by atoms with Gasteiger partial charge in [0.15, 0.2) is 0 Å². The van der Waals surface area contributed by atoms with Gasteiger partial charge in [0.2, 0.25) is 0 Å². The molecule has 0 N–H and O–H groups in total. The minimum atomic E-state index is 1.10. The quantitative estimate of drug-likeness (QED) is 0.589. The first-order chi connectivity index (χ1) is 5.57. The molecule has 0 heteroatoms. The van der Waals surface area contributed by atoms with Crippen molar-refractivity contribution in [2.75, 3.05) is 0 Å². The van der Waals surface area contributed by atoms with Crippen LogP contribution in [-0.4, -0.2) is 0 Å². The second kappa shape index (κ2) is 3.14. The van der Waals surface area contributed by atoms with Gasteiger partial charge in [-0.1, -0.05) is 18.7 Å². The molecule has 0 aliphatic heterocycles. The molecule has 0 aliphatic carbocycles. The molecule has 63 valence electrons. The van der Waals surface area contributed by atoms with Gasteiger partial charge in [-0.05, 0) is 55.5 Å². The fourth-order valence-corrected chi connectivity index (χ4v) is 1.35. The van der Waals surface area contributed by atoms with Gasteiger partial charge >= 0.3 is 0 Å². The molecule has 0 aliphatic rings. The molecule has 12 heavy (non-hydrogen) atoms. The van der Waals surface area contributed by atoms with E-state index in [0.717, 1.165) is 5.56 Å². The molecule has 0 fully saturated rings. The summed E-state index contributed by atoms with van der Waals surface area (Å²) in [5, 5.41) is 0. The van der Waals surface area contributed by atoms with Crippen LogP contribution < -0.4 is 0 Å². The third kappa shape index (κ3) is 1.29. The van der Waals surface area contributed by atoms with Crippen molar-refractivity contribution in [1.29, 1.82) is 0 Å². The van der Waals surface area contributed by atoms with Crippen molar-refractivity contribution in [1.82, 2.24) is 0 Å². The zero-order valence-corrected chi connectivity index (χ0v) is 8.07. The number of hydrogen-bond donors (Lipinski definition) is 0. The summed E-state index contributed by atoms with van der Waals surface area (Å²) in [5.41, 5.74) is 6.24. The van der Waals surface area contributed by atoms with Crippen molar-refractivity contribution in [2.24, 2.45) is 0 Å². The van der Waals surface area contributed by atoms with Crippen LogP contribution in [0.3, 0.4) is 0 Å². The molecule has 0 atom stereocenters. The topological polar surface area (TPSA) is 0 Å². The fourth-order valence-electron chi connectivity index (χ4n) is 1.35. The molecule has 0 saturated carbocycles. The summed E-state index contributed by atoms with van der Waals surface area (Å²) in [7, 11) is 0. The highest BCUT2D eigenvalue weighted by Gasteiger charge is 2.03. The molecular formula is C12H15. The molecule has 1 radical (unpaired) electrons. The molecule has 0 bridgehead atoms. The Hall–Kier alpha value is -1.04. The molecule has 1 aromatic rings. The number of rotatable bonds is 1. The van der Waals surface area contributed by atoms with E-state index < -0.39 is 0 Å². The second-order valence-corrected chi connectivity index (χ2v) is 3.20. The SMILES string of the molecule is [CH2]c1cc(C=C)c(C)c(C)c1C. The van der Waals surface area contributed by atoms with Crippen molar-refractivity contribution < 1.29 is 0 Å². The highest BCUT2D eigenvalue weighted by Crippen LogP contribution is 2.21. The van der Waals surface area contributed by atoms with E-state index in [4.69, 9.17) is 0 Å². The molecule has 0 aromatic heterocycles. The molecule has 0 saturated heterocycles. The normalized spacial score (nSPS) is 10.0. The Morgan fingerprint density at radius 2 is 1.67 bits per heavy atom. The van der Waals surface area contributed by atoms with Gasteiger partial charge in [0, 0.05) is 0 Å². The monoisotopic (exact) mass is 159 g/mol. The molecule has 1 rings (SSSR count). The number of benzene rings is 1. The van der Waals surface area contributed by atoms with E-state index in [0.29, 0.717) is 0 Å². The Morgan fingerprint density at radius 1 is 1.08 bits per heavy atom.